The molecule has 0 aromatic carbocycles. The summed E-state index contributed by atoms with van der Waals surface area (Å²) in [5, 5.41) is 8.08. The van der Waals surface area contributed by atoms with Crippen LogP contribution in [-0.2, 0) is 13.0 Å². The maximum Gasteiger partial charge on any atom is 0.0625 e. The Morgan fingerprint density at radius 2 is 2.00 bits per heavy atom. The quantitative estimate of drug-likeness (QED) is 0.678. The van der Waals surface area contributed by atoms with Gasteiger partial charge in [0.25, 0.3) is 0 Å². The smallest absolute Gasteiger partial charge is 0.0625 e. The summed E-state index contributed by atoms with van der Waals surface area (Å²) in [6.07, 6.45) is 7.53. The molecule has 18 heavy (non-hydrogen) atoms. The number of rotatable bonds is 9. The molecule has 0 spiro atoms. The zero-order valence-corrected chi connectivity index (χ0v) is 12.5. The Hall–Kier alpha value is -0.830. The molecule has 0 aliphatic rings. The second kappa shape index (κ2) is 8.30. The molecule has 0 aliphatic carbocycles. The molecule has 1 aromatic rings. The molecule has 0 fully saturated rings. The first kappa shape index (κ1) is 15.2. The third kappa shape index (κ3) is 4.13. The van der Waals surface area contributed by atoms with E-state index in [9.17, 15) is 0 Å². The average molecular weight is 251 g/mol. The average Bonchev–Trinajstić information content (AvgIpc) is 2.82. The molecule has 1 aromatic heterocycles. The third-order valence-corrected chi connectivity index (χ3v) is 3.58. The molecule has 0 radical (unpaired) electrons. The van der Waals surface area contributed by atoms with Gasteiger partial charge in [-0.15, -0.1) is 0 Å². The van der Waals surface area contributed by atoms with Crippen molar-refractivity contribution in [2.24, 2.45) is 0 Å². The Labute approximate surface area is 112 Å². The normalized spacial score (nSPS) is 12.9. The van der Waals surface area contributed by atoms with Crippen LogP contribution in [0.15, 0.2) is 6.07 Å². The highest BCUT2D eigenvalue weighted by Gasteiger charge is 2.15. The van der Waals surface area contributed by atoms with Crippen LogP contribution < -0.4 is 5.32 Å². The SMILES string of the molecule is CCCCCCC(NC)c1cc(CC)nn1CC. The van der Waals surface area contributed by atoms with Crippen LogP contribution in [0.25, 0.3) is 0 Å². The number of hydrogen-bond acceptors (Lipinski definition) is 2. The molecule has 1 N–H and O–H groups in total. The van der Waals surface area contributed by atoms with E-state index in [1.165, 1.54) is 43.5 Å². The lowest BCUT2D eigenvalue weighted by atomic mass is 10.0. The number of aromatic nitrogens is 2. The van der Waals surface area contributed by atoms with Crippen molar-refractivity contribution in [3.8, 4) is 0 Å². The molecule has 0 amide bonds. The van der Waals surface area contributed by atoms with Crippen LogP contribution in [0.3, 0.4) is 0 Å². The van der Waals surface area contributed by atoms with Crippen molar-refractivity contribution in [2.75, 3.05) is 7.05 Å². The monoisotopic (exact) mass is 251 g/mol. The van der Waals surface area contributed by atoms with E-state index in [1.54, 1.807) is 0 Å². The Kier molecular flexibility index (Phi) is 7.02. The minimum absolute atomic E-state index is 0.453. The molecule has 1 heterocycles. The van der Waals surface area contributed by atoms with E-state index < -0.39 is 0 Å². The summed E-state index contributed by atoms with van der Waals surface area (Å²) in [7, 11) is 2.06. The number of aryl methyl sites for hydroxylation is 2. The van der Waals surface area contributed by atoms with Gasteiger partial charge in [-0.3, -0.25) is 4.68 Å². The zero-order chi connectivity index (χ0) is 13.4. The minimum Gasteiger partial charge on any atom is -0.312 e. The van der Waals surface area contributed by atoms with E-state index in [-0.39, 0.29) is 0 Å². The Morgan fingerprint density at radius 1 is 1.22 bits per heavy atom. The van der Waals surface area contributed by atoms with E-state index in [0.717, 1.165) is 13.0 Å². The van der Waals surface area contributed by atoms with Crippen molar-refractivity contribution in [1.29, 1.82) is 0 Å². The summed E-state index contributed by atoms with van der Waals surface area (Å²) in [6, 6.07) is 2.72. The number of nitrogens with zero attached hydrogens (tertiary/aromatic N) is 2. The zero-order valence-electron chi connectivity index (χ0n) is 12.5. The number of hydrogen-bond donors (Lipinski definition) is 1. The summed E-state index contributed by atoms with van der Waals surface area (Å²) >= 11 is 0. The van der Waals surface area contributed by atoms with Gasteiger partial charge >= 0.3 is 0 Å². The predicted molar refractivity (Wildman–Crippen MR) is 77.8 cm³/mol. The molecule has 1 unspecified atom stereocenters. The Bertz CT molecular complexity index is 330. The lowest BCUT2D eigenvalue weighted by Gasteiger charge is -2.17. The molecular weight excluding hydrogens is 222 g/mol. The van der Waals surface area contributed by atoms with Crippen LogP contribution in [0.2, 0.25) is 0 Å². The van der Waals surface area contributed by atoms with Gasteiger partial charge in [0.05, 0.1) is 11.4 Å². The first-order valence-electron chi connectivity index (χ1n) is 7.50. The number of nitrogens with one attached hydrogen (secondary N) is 1. The van der Waals surface area contributed by atoms with E-state index >= 15 is 0 Å². The molecule has 0 bridgehead atoms. The molecule has 0 saturated carbocycles. The van der Waals surface area contributed by atoms with Crippen LogP contribution >= 0.6 is 0 Å². The summed E-state index contributed by atoms with van der Waals surface area (Å²) in [6.45, 7) is 7.55. The molecule has 1 atom stereocenters. The third-order valence-electron chi connectivity index (χ3n) is 3.58. The molecule has 0 saturated heterocycles. The first-order valence-corrected chi connectivity index (χ1v) is 7.50. The van der Waals surface area contributed by atoms with Gasteiger partial charge in [-0.25, -0.2) is 0 Å². The van der Waals surface area contributed by atoms with Gasteiger partial charge < -0.3 is 5.32 Å². The molecule has 104 valence electrons. The van der Waals surface area contributed by atoms with Crippen LogP contribution in [0, 0.1) is 0 Å². The lowest BCUT2D eigenvalue weighted by molar-refractivity contribution is 0.463. The molecule has 3 heteroatoms. The van der Waals surface area contributed by atoms with Crippen molar-refractivity contribution >= 4 is 0 Å². The Morgan fingerprint density at radius 3 is 2.56 bits per heavy atom. The summed E-state index contributed by atoms with van der Waals surface area (Å²) < 4.78 is 2.15. The van der Waals surface area contributed by atoms with E-state index in [4.69, 9.17) is 0 Å². The Balaban J connectivity index is 2.65. The van der Waals surface area contributed by atoms with E-state index in [2.05, 4.69) is 49.0 Å². The van der Waals surface area contributed by atoms with Crippen LogP contribution in [0.5, 0.6) is 0 Å². The topological polar surface area (TPSA) is 29.9 Å². The lowest BCUT2D eigenvalue weighted by Crippen LogP contribution is -2.20. The van der Waals surface area contributed by atoms with E-state index in [0.29, 0.717) is 6.04 Å². The second-order valence-electron chi connectivity index (χ2n) is 4.92. The number of unbranched alkanes of at least 4 members (excludes halogenated alkanes) is 3. The molecule has 1 rings (SSSR count). The van der Waals surface area contributed by atoms with Gasteiger partial charge in [-0.05, 0) is 32.9 Å². The summed E-state index contributed by atoms with van der Waals surface area (Å²) in [4.78, 5) is 0. The fourth-order valence-electron chi connectivity index (χ4n) is 2.41. The highest BCUT2D eigenvalue weighted by Crippen LogP contribution is 2.21. The maximum atomic E-state index is 4.64. The van der Waals surface area contributed by atoms with Crippen molar-refractivity contribution in [3.05, 3.63) is 17.5 Å². The van der Waals surface area contributed by atoms with Crippen LogP contribution in [0.4, 0.5) is 0 Å². The van der Waals surface area contributed by atoms with Gasteiger partial charge in [0.15, 0.2) is 0 Å². The van der Waals surface area contributed by atoms with Crippen molar-refractivity contribution in [1.82, 2.24) is 15.1 Å². The van der Waals surface area contributed by atoms with Crippen LogP contribution in [-0.4, -0.2) is 16.8 Å². The fraction of sp³-hybridized carbons (Fsp3) is 0.800. The first-order chi connectivity index (χ1) is 8.76. The highest BCUT2D eigenvalue weighted by atomic mass is 15.3. The van der Waals surface area contributed by atoms with Crippen molar-refractivity contribution in [3.63, 3.8) is 0 Å². The molecule has 3 nitrogen and oxygen atoms in total. The second-order valence-corrected chi connectivity index (χ2v) is 4.92. The molecular formula is C15H29N3. The van der Waals surface area contributed by atoms with Crippen molar-refractivity contribution < 1.29 is 0 Å². The van der Waals surface area contributed by atoms with Gasteiger partial charge in [-0.2, -0.15) is 5.10 Å². The largest absolute Gasteiger partial charge is 0.312 e. The fourth-order valence-corrected chi connectivity index (χ4v) is 2.41. The standard InChI is InChI=1S/C15H29N3/c1-5-8-9-10-11-14(16-4)15-12-13(6-2)17-18(15)7-3/h12,14,16H,5-11H2,1-4H3. The molecule has 0 aliphatic heterocycles. The van der Waals surface area contributed by atoms with Crippen molar-refractivity contribution in [2.45, 2.75) is 71.9 Å². The maximum absolute atomic E-state index is 4.64. The van der Waals surface area contributed by atoms with E-state index in [1.807, 2.05) is 0 Å². The van der Waals surface area contributed by atoms with Gasteiger partial charge in [0.2, 0.25) is 0 Å². The van der Waals surface area contributed by atoms with Gasteiger partial charge in [-0.1, -0.05) is 39.5 Å². The predicted octanol–water partition coefficient (Wildman–Crippen LogP) is 3.70. The van der Waals surface area contributed by atoms with Crippen LogP contribution in [0.1, 0.15) is 70.3 Å². The summed E-state index contributed by atoms with van der Waals surface area (Å²) in [5.41, 5.74) is 2.56. The highest BCUT2D eigenvalue weighted by molar-refractivity contribution is 5.14. The van der Waals surface area contributed by atoms with Gasteiger partial charge in [0.1, 0.15) is 0 Å². The minimum atomic E-state index is 0.453. The van der Waals surface area contributed by atoms with Gasteiger partial charge in [0, 0.05) is 12.6 Å². The summed E-state index contributed by atoms with van der Waals surface area (Å²) in [5.74, 6) is 0.